The maximum atomic E-state index is 6.03. The first kappa shape index (κ1) is 13.7. The predicted molar refractivity (Wildman–Crippen MR) is 83.9 cm³/mol. The monoisotopic (exact) mass is 271 g/mol. The highest BCUT2D eigenvalue weighted by atomic mass is 35.5. The van der Waals surface area contributed by atoms with E-state index in [0.717, 1.165) is 23.7 Å². The summed E-state index contributed by atoms with van der Waals surface area (Å²) in [4.78, 5) is 0. The number of rotatable bonds is 5. The van der Waals surface area contributed by atoms with Crippen LogP contribution in [0.5, 0.6) is 0 Å². The average molecular weight is 272 g/mol. The van der Waals surface area contributed by atoms with E-state index in [1.807, 2.05) is 24.3 Å². The molecule has 2 rings (SSSR count). The summed E-state index contributed by atoms with van der Waals surface area (Å²) in [6, 6.07) is 14.4. The van der Waals surface area contributed by atoms with Crippen molar-refractivity contribution in [3.05, 3.63) is 76.8 Å². The lowest BCUT2D eigenvalue weighted by Crippen LogP contribution is -2.02. The van der Waals surface area contributed by atoms with Gasteiger partial charge in [-0.1, -0.05) is 47.5 Å². The molecule has 0 aliphatic carbocycles. The number of allylic oxidation sites excluding steroid dienone is 1. The fourth-order valence-corrected chi connectivity index (χ4v) is 2.27. The first-order valence-electron chi connectivity index (χ1n) is 6.38. The zero-order valence-electron chi connectivity index (χ0n) is 11.1. The smallest absolute Gasteiger partial charge is 0.0410 e. The van der Waals surface area contributed by atoms with Gasteiger partial charge in [0.05, 0.1) is 0 Å². The average Bonchev–Trinajstić information content (AvgIpc) is 2.38. The molecule has 0 spiro atoms. The van der Waals surface area contributed by atoms with Crippen LogP contribution >= 0.6 is 11.6 Å². The number of hydrogen-bond acceptors (Lipinski definition) is 1. The third-order valence-electron chi connectivity index (χ3n) is 3.00. The Morgan fingerprint density at radius 3 is 2.79 bits per heavy atom. The number of anilines is 1. The van der Waals surface area contributed by atoms with Gasteiger partial charge >= 0.3 is 0 Å². The molecule has 1 nitrogen and oxygen atoms in total. The van der Waals surface area contributed by atoms with Crippen molar-refractivity contribution in [2.75, 3.05) is 5.32 Å². The molecule has 2 aromatic rings. The Kier molecular flexibility index (Phi) is 4.64. The zero-order valence-corrected chi connectivity index (χ0v) is 11.9. The van der Waals surface area contributed by atoms with Crippen LogP contribution in [0.15, 0.2) is 55.1 Å². The molecule has 0 amide bonds. The van der Waals surface area contributed by atoms with Crippen molar-refractivity contribution in [1.82, 2.24) is 0 Å². The van der Waals surface area contributed by atoms with E-state index < -0.39 is 0 Å². The van der Waals surface area contributed by atoms with Gasteiger partial charge in [0.25, 0.3) is 0 Å². The molecule has 0 atom stereocenters. The Morgan fingerprint density at radius 1 is 1.21 bits per heavy atom. The zero-order chi connectivity index (χ0) is 13.7. The molecule has 0 unspecified atom stereocenters. The lowest BCUT2D eigenvalue weighted by molar-refractivity contribution is 1.12. The SMILES string of the molecule is C=CCc1cc(Cl)ccc1NCc1cccc(C)c1. The highest BCUT2D eigenvalue weighted by Crippen LogP contribution is 2.22. The molecule has 0 aliphatic heterocycles. The first-order valence-corrected chi connectivity index (χ1v) is 6.75. The van der Waals surface area contributed by atoms with Gasteiger partial charge < -0.3 is 5.32 Å². The van der Waals surface area contributed by atoms with E-state index in [4.69, 9.17) is 11.6 Å². The molecular formula is C17H18ClN. The molecule has 2 aromatic carbocycles. The van der Waals surface area contributed by atoms with Crippen molar-refractivity contribution < 1.29 is 0 Å². The molecule has 0 saturated heterocycles. The van der Waals surface area contributed by atoms with Crippen LogP contribution < -0.4 is 5.32 Å². The highest BCUT2D eigenvalue weighted by molar-refractivity contribution is 6.30. The van der Waals surface area contributed by atoms with Crippen LogP contribution in [0.3, 0.4) is 0 Å². The molecular weight excluding hydrogens is 254 g/mol. The van der Waals surface area contributed by atoms with Crippen LogP contribution in [-0.2, 0) is 13.0 Å². The third kappa shape index (κ3) is 3.87. The largest absolute Gasteiger partial charge is 0.381 e. The van der Waals surface area contributed by atoms with Crippen molar-refractivity contribution in [3.8, 4) is 0 Å². The molecule has 0 fully saturated rings. The van der Waals surface area contributed by atoms with Crippen molar-refractivity contribution in [1.29, 1.82) is 0 Å². The summed E-state index contributed by atoms with van der Waals surface area (Å²) < 4.78 is 0. The molecule has 0 bridgehead atoms. The van der Waals surface area contributed by atoms with Gasteiger partial charge in [-0.2, -0.15) is 0 Å². The van der Waals surface area contributed by atoms with Crippen molar-refractivity contribution >= 4 is 17.3 Å². The molecule has 0 aliphatic rings. The van der Waals surface area contributed by atoms with Crippen molar-refractivity contribution in [2.24, 2.45) is 0 Å². The normalized spacial score (nSPS) is 10.2. The summed E-state index contributed by atoms with van der Waals surface area (Å²) in [5.41, 5.74) is 4.85. The second-order valence-corrected chi connectivity index (χ2v) is 5.07. The molecule has 98 valence electrons. The Bertz CT molecular complexity index is 575. The summed E-state index contributed by atoms with van der Waals surface area (Å²) >= 11 is 6.03. The van der Waals surface area contributed by atoms with Gasteiger partial charge in [-0.3, -0.25) is 0 Å². The topological polar surface area (TPSA) is 12.0 Å². The first-order chi connectivity index (χ1) is 9.19. The Labute approximate surface area is 119 Å². The maximum Gasteiger partial charge on any atom is 0.0410 e. The summed E-state index contributed by atoms with van der Waals surface area (Å²) in [6.07, 6.45) is 2.71. The van der Waals surface area contributed by atoms with E-state index in [9.17, 15) is 0 Å². The standard InChI is InChI=1S/C17H18ClN/c1-3-5-15-11-16(18)8-9-17(15)19-12-14-7-4-6-13(2)10-14/h3-4,6-11,19H,1,5,12H2,2H3. The van der Waals surface area contributed by atoms with Crippen LogP contribution in [-0.4, -0.2) is 0 Å². The van der Waals surface area contributed by atoms with E-state index >= 15 is 0 Å². The van der Waals surface area contributed by atoms with Crippen LogP contribution in [0.1, 0.15) is 16.7 Å². The number of aryl methyl sites for hydroxylation is 1. The van der Waals surface area contributed by atoms with Crippen LogP contribution in [0.25, 0.3) is 0 Å². The van der Waals surface area contributed by atoms with Crippen molar-refractivity contribution in [2.45, 2.75) is 19.9 Å². The number of nitrogens with one attached hydrogen (secondary N) is 1. The summed E-state index contributed by atoms with van der Waals surface area (Å²) in [7, 11) is 0. The fraction of sp³-hybridized carbons (Fsp3) is 0.176. The Hall–Kier alpha value is -1.73. The van der Waals surface area contributed by atoms with E-state index in [-0.39, 0.29) is 0 Å². The van der Waals surface area contributed by atoms with E-state index in [1.54, 1.807) is 0 Å². The predicted octanol–water partition coefficient (Wildman–Crippen LogP) is 4.99. The van der Waals surface area contributed by atoms with E-state index in [2.05, 4.69) is 43.1 Å². The molecule has 0 saturated carbocycles. The minimum Gasteiger partial charge on any atom is -0.381 e. The minimum absolute atomic E-state index is 0.762. The van der Waals surface area contributed by atoms with Gasteiger partial charge in [-0.25, -0.2) is 0 Å². The third-order valence-corrected chi connectivity index (χ3v) is 3.23. The molecule has 0 aromatic heterocycles. The van der Waals surface area contributed by atoms with Crippen molar-refractivity contribution in [3.63, 3.8) is 0 Å². The summed E-state index contributed by atoms with van der Waals surface area (Å²) in [5, 5.41) is 4.22. The van der Waals surface area contributed by atoms with Crippen LogP contribution in [0.2, 0.25) is 5.02 Å². The summed E-state index contributed by atoms with van der Waals surface area (Å²) in [6.45, 7) is 6.70. The quantitative estimate of drug-likeness (QED) is 0.756. The fourth-order valence-electron chi connectivity index (χ4n) is 2.08. The number of halogens is 1. The van der Waals surface area contributed by atoms with E-state index in [1.165, 1.54) is 16.7 Å². The lowest BCUT2D eigenvalue weighted by Gasteiger charge is -2.12. The van der Waals surface area contributed by atoms with Gasteiger partial charge in [-0.05, 0) is 42.7 Å². The molecule has 19 heavy (non-hydrogen) atoms. The molecule has 0 heterocycles. The highest BCUT2D eigenvalue weighted by Gasteiger charge is 2.02. The Balaban J connectivity index is 2.12. The number of hydrogen-bond donors (Lipinski definition) is 1. The molecule has 1 N–H and O–H groups in total. The lowest BCUT2D eigenvalue weighted by atomic mass is 10.1. The minimum atomic E-state index is 0.762. The van der Waals surface area contributed by atoms with Gasteiger partial charge in [0.15, 0.2) is 0 Å². The van der Waals surface area contributed by atoms with Gasteiger partial charge in [0.1, 0.15) is 0 Å². The Morgan fingerprint density at radius 2 is 2.05 bits per heavy atom. The molecule has 2 heteroatoms. The second-order valence-electron chi connectivity index (χ2n) is 4.64. The van der Waals surface area contributed by atoms with Crippen LogP contribution in [0.4, 0.5) is 5.69 Å². The second kappa shape index (κ2) is 6.44. The van der Waals surface area contributed by atoms with Crippen LogP contribution in [0, 0.1) is 6.92 Å². The van der Waals surface area contributed by atoms with Gasteiger partial charge in [0, 0.05) is 17.3 Å². The van der Waals surface area contributed by atoms with Gasteiger partial charge in [0.2, 0.25) is 0 Å². The summed E-state index contributed by atoms with van der Waals surface area (Å²) in [5.74, 6) is 0. The molecule has 0 radical (unpaired) electrons. The van der Waals surface area contributed by atoms with Gasteiger partial charge in [-0.15, -0.1) is 6.58 Å². The van der Waals surface area contributed by atoms with E-state index in [0.29, 0.717) is 0 Å². The number of benzene rings is 2. The maximum absolute atomic E-state index is 6.03.